The average Bonchev–Trinajstić information content (AvgIpc) is 2.85. The molecule has 3 amide bonds. The standard InChI is InChI=1S/C26H34N4O4/c1-28-24(32)22(12-9-17-31)30-25(33)19-11-8-10-18-21(14-13-20(23(18)19)26(30)34)29-16-7-5-3-2-4-6-15-27/h8,10-11,13-14,17,22,29H,2-7,9,12,15-16,27H2,1H3,(H,28,32). The van der Waals surface area contributed by atoms with Crippen LogP contribution in [-0.2, 0) is 9.59 Å². The van der Waals surface area contributed by atoms with Crippen LogP contribution in [0.1, 0.15) is 72.1 Å². The number of hydrogen-bond acceptors (Lipinski definition) is 6. The number of imide groups is 1. The molecule has 0 bridgehead atoms. The fourth-order valence-corrected chi connectivity index (χ4v) is 4.52. The van der Waals surface area contributed by atoms with E-state index in [1.54, 1.807) is 18.2 Å². The molecule has 182 valence electrons. The van der Waals surface area contributed by atoms with Crippen molar-refractivity contribution in [2.24, 2.45) is 5.73 Å². The van der Waals surface area contributed by atoms with Gasteiger partial charge in [-0.05, 0) is 44.0 Å². The van der Waals surface area contributed by atoms with Crippen LogP contribution in [0.15, 0.2) is 30.3 Å². The van der Waals surface area contributed by atoms with Crippen molar-refractivity contribution in [3.63, 3.8) is 0 Å². The van der Waals surface area contributed by atoms with Crippen LogP contribution in [0.2, 0.25) is 0 Å². The molecule has 3 rings (SSSR count). The van der Waals surface area contributed by atoms with E-state index in [1.807, 2.05) is 12.1 Å². The molecule has 8 nitrogen and oxygen atoms in total. The fraction of sp³-hybridized carbons (Fsp3) is 0.462. The maximum Gasteiger partial charge on any atom is 0.262 e. The summed E-state index contributed by atoms with van der Waals surface area (Å²) in [5.41, 5.74) is 7.18. The molecule has 4 N–H and O–H groups in total. The van der Waals surface area contributed by atoms with E-state index >= 15 is 0 Å². The molecule has 0 aliphatic carbocycles. The van der Waals surface area contributed by atoms with Crippen molar-refractivity contribution in [3.05, 3.63) is 41.5 Å². The van der Waals surface area contributed by atoms with Gasteiger partial charge in [0.25, 0.3) is 11.8 Å². The Balaban J connectivity index is 1.80. The first kappa shape index (κ1) is 25.4. The summed E-state index contributed by atoms with van der Waals surface area (Å²) in [6.45, 7) is 1.55. The molecular formula is C26H34N4O4. The van der Waals surface area contributed by atoms with Gasteiger partial charge in [0.1, 0.15) is 12.3 Å². The molecule has 2 aromatic rings. The molecule has 2 aromatic carbocycles. The summed E-state index contributed by atoms with van der Waals surface area (Å²) in [4.78, 5) is 51.1. The molecule has 0 radical (unpaired) electrons. The quantitative estimate of drug-likeness (QED) is 0.223. The van der Waals surface area contributed by atoms with Crippen LogP contribution in [0.25, 0.3) is 10.8 Å². The van der Waals surface area contributed by atoms with Crippen molar-refractivity contribution in [3.8, 4) is 0 Å². The van der Waals surface area contributed by atoms with Gasteiger partial charge in [-0.1, -0.05) is 37.8 Å². The first-order chi connectivity index (χ1) is 16.5. The predicted octanol–water partition coefficient (Wildman–Crippen LogP) is 3.24. The number of hydrogen-bond donors (Lipinski definition) is 3. The molecule has 1 aliphatic rings. The summed E-state index contributed by atoms with van der Waals surface area (Å²) in [6, 6.07) is 7.89. The molecular weight excluding hydrogens is 432 g/mol. The second-order valence-electron chi connectivity index (χ2n) is 8.58. The minimum atomic E-state index is -1.04. The zero-order valence-corrected chi connectivity index (χ0v) is 19.8. The highest BCUT2D eigenvalue weighted by Gasteiger charge is 2.40. The maximum absolute atomic E-state index is 13.4. The van der Waals surface area contributed by atoms with E-state index in [4.69, 9.17) is 5.73 Å². The van der Waals surface area contributed by atoms with Crippen LogP contribution in [0.5, 0.6) is 0 Å². The second-order valence-corrected chi connectivity index (χ2v) is 8.58. The molecule has 1 heterocycles. The summed E-state index contributed by atoms with van der Waals surface area (Å²) < 4.78 is 0. The van der Waals surface area contributed by atoms with Gasteiger partial charge in [-0.15, -0.1) is 0 Å². The lowest BCUT2D eigenvalue weighted by molar-refractivity contribution is -0.124. The van der Waals surface area contributed by atoms with Gasteiger partial charge in [-0.3, -0.25) is 19.3 Å². The number of nitrogens with one attached hydrogen (secondary N) is 2. The third-order valence-electron chi connectivity index (χ3n) is 6.30. The Morgan fingerprint density at radius 3 is 2.35 bits per heavy atom. The van der Waals surface area contributed by atoms with Crippen LogP contribution < -0.4 is 16.4 Å². The third-order valence-corrected chi connectivity index (χ3v) is 6.30. The average molecular weight is 467 g/mol. The van der Waals surface area contributed by atoms with Gasteiger partial charge >= 0.3 is 0 Å². The van der Waals surface area contributed by atoms with Crippen LogP contribution in [0.3, 0.4) is 0 Å². The lowest BCUT2D eigenvalue weighted by Gasteiger charge is -2.33. The zero-order chi connectivity index (χ0) is 24.5. The molecule has 0 saturated heterocycles. The number of benzene rings is 2. The van der Waals surface area contributed by atoms with Crippen LogP contribution in [0, 0.1) is 0 Å². The van der Waals surface area contributed by atoms with E-state index in [-0.39, 0.29) is 12.8 Å². The Morgan fingerprint density at radius 2 is 1.68 bits per heavy atom. The van der Waals surface area contributed by atoms with E-state index in [9.17, 15) is 19.2 Å². The van der Waals surface area contributed by atoms with Crippen molar-refractivity contribution < 1.29 is 19.2 Å². The summed E-state index contributed by atoms with van der Waals surface area (Å²) in [5.74, 6) is -1.50. The lowest BCUT2D eigenvalue weighted by atomic mass is 9.91. The highest BCUT2D eigenvalue weighted by Crippen LogP contribution is 2.35. The smallest absolute Gasteiger partial charge is 0.262 e. The lowest BCUT2D eigenvalue weighted by Crippen LogP contribution is -2.53. The first-order valence-electron chi connectivity index (χ1n) is 12.1. The summed E-state index contributed by atoms with van der Waals surface area (Å²) in [7, 11) is 1.45. The number of unbranched alkanes of at least 4 members (excludes halogenated alkanes) is 5. The summed E-state index contributed by atoms with van der Waals surface area (Å²) in [6.07, 6.45) is 7.63. The van der Waals surface area contributed by atoms with E-state index in [0.717, 1.165) is 48.3 Å². The molecule has 0 spiro atoms. The van der Waals surface area contributed by atoms with Gasteiger partial charge in [0.15, 0.2) is 0 Å². The van der Waals surface area contributed by atoms with Crippen LogP contribution >= 0.6 is 0 Å². The Hall–Kier alpha value is -3.26. The number of carbonyl (C=O) groups is 4. The van der Waals surface area contributed by atoms with Crippen molar-refractivity contribution >= 4 is 40.5 Å². The topological polar surface area (TPSA) is 122 Å². The molecule has 1 aliphatic heterocycles. The molecule has 0 aromatic heterocycles. The number of anilines is 1. The van der Waals surface area contributed by atoms with Gasteiger partial charge in [0.05, 0.1) is 0 Å². The maximum atomic E-state index is 13.4. The van der Waals surface area contributed by atoms with Crippen LogP contribution in [0.4, 0.5) is 5.69 Å². The first-order valence-corrected chi connectivity index (χ1v) is 12.1. The monoisotopic (exact) mass is 466 g/mol. The number of amides is 3. The molecule has 1 unspecified atom stereocenters. The molecule has 34 heavy (non-hydrogen) atoms. The van der Waals surface area contributed by atoms with Crippen molar-refractivity contribution in [1.29, 1.82) is 0 Å². The third kappa shape index (κ3) is 5.44. The number of carbonyl (C=O) groups excluding carboxylic acids is 4. The van der Waals surface area contributed by atoms with Crippen LogP contribution in [-0.4, -0.2) is 55.1 Å². The number of rotatable bonds is 14. The minimum Gasteiger partial charge on any atom is -0.385 e. The number of nitrogens with two attached hydrogens (primary N) is 1. The number of aldehydes is 1. The highest BCUT2D eigenvalue weighted by atomic mass is 16.2. The SMILES string of the molecule is CNC(=O)C(CCC=O)N1C(=O)c2cccc3c(NCCCCCCCCN)ccc(c23)C1=O. The van der Waals surface area contributed by atoms with Gasteiger partial charge < -0.3 is 21.2 Å². The van der Waals surface area contributed by atoms with Crippen molar-refractivity contribution in [2.75, 3.05) is 25.5 Å². The number of nitrogens with zero attached hydrogens (tertiary/aromatic N) is 1. The summed E-state index contributed by atoms with van der Waals surface area (Å²) >= 11 is 0. The Morgan fingerprint density at radius 1 is 1.00 bits per heavy atom. The molecule has 0 fully saturated rings. The summed E-state index contributed by atoms with van der Waals surface area (Å²) in [5, 5.41) is 7.37. The van der Waals surface area contributed by atoms with Gasteiger partial charge in [0.2, 0.25) is 5.91 Å². The van der Waals surface area contributed by atoms with Crippen molar-refractivity contribution in [1.82, 2.24) is 10.2 Å². The fourth-order valence-electron chi connectivity index (χ4n) is 4.52. The van der Waals surface area contributed by atoms with Gasteiger partial charge in [-0.2, -0.15) is 0 Å². The minimum absolute atomic E-state index is 0.0715. The Labute approximate surface area is 200 Å². The second kappa shape index (κ2) is 12.3. The molecule has 0 saturated carbocycles. The van der Waals surface area contributed by atoms with E-state index in [2.05, 4.69) is 10.6 Å². The number of likely N-dealkylation sites (N-methyl/N-ethyl adjacent to an activating group) is 1. The van der Waals surface area contributed by atoms with Crippen molar-refractivity contribution in [2.45, 2.75) is 57.4 Å². The Bertz CT molecular complexity index is 1030. The van der Waals surface area contributed by atoms with Gasteiger partial charge in [-0.25, -0.2) is 0 Å². The Kier molecular flexibility index (Phi) is 9.16. The van der Waals surface area contributed by atoms with E-state index in [1.165, 1.54) is 26.3 Å². The molecule has 1 atom stereocenters. The van der Waals surface area contributed by atoms with Gasteiger partial charge in [0, 0.05) is 47.6 Å². The van der Waals surface area contributed by atoms with E-state index < -0.39 is 23.8 Å². The highest BCUT2D eigenvalue weighted by molar-refractivity contribution is 6.27. The zero-order valence-electron chi connectivity index (χ0n) is 19.8. The predicted molar refractivity (Wildman–Crippen MR) is 133 cm³/mol. The normalized spacial score (nSPS) is 13.8. The molecule has 8 heteroatoms. The largest absolute Gasteiger partial charge is 0.385 e. The van der Waals surface area contributed by atoms with E-state index in [0.29, 0.717) is 22.8 Å².